The van der Waals surface area contributed by atoms with E-state index in [0.717, 1.165) is 25.7 Å². The quantitative estimate of drug-likeness (QED) is 0.735. The van der Waals surface area contributed by atoms with Crippen LogP contribution in [0.3, 0.4) is 0 Å². The third kappa shape index (κ3) is 5.00. The van der Waals surface area contributed by atoms with Gasteiger partial charge in [0.25, 0.3) is 5.56 Å². The molecule has 0 aliphatic carbocycles. The molecule has 0 aromatic carbocycles. The van der Waals surface area contributed by atoms with Crippen LogP contribution in [0.1, 0.15) is 46.5 Å². The van der Waals surface area contributed by atoms with E-state index in [1.165, 1.54) is 4.68 Å². The van der Waals surface area contributed by atoms with Crippen LogP contribution in [0.15, 0.2) is 11.0 Å². The fraction of sp³-hybridized carbons (Fsp3) is 0.733. The average Bonchev–Trinajstić information content (AvgIpc) is 2.49. The topological polar surface area (TPSA) is 67.2 Å². The van der Waals surface area contributed by atoms with Crippen molar-refractivity contribution in [2.45, 2.75) is 59.1 Å². The summed E-state index contributed by atoms with van der Waals surface area (Å²) >= 11 is 6.09. The van der Waals surface area contributed by atoms with Crippen molar-refractivity contribution in [3.05, 3.63) is 21.6 Å². The molecule has 0 spiro atoms. The van der Waals surface area contributed by atoms with Crippen LogP contribution in [0.4, 0.5) is 5.69 Å². The number of anilines is 1. The maximum absolute atomic E-state index is 12.1. The molecule has 0 saturated heterocycles. The van der Waals surface area contributed by atoms with Crippen molar-refractivity contribution in [3.63, 3.8) is 0 Å². The summed E-state index contributed by atoms with van der Waals surface area (Å²) in [6.45, 7) is 7.11. The number of nitrogens with zero attached hydrogens (tertiary/aromatic N) is 2. The monoisotopic (exact) mass is 315 g/mol. The molecule has 1 unspecified atom stereocenters. The van der Waals surface area contributed by atoms with E-state index in [4.69, 9.17) is 11.6 Å². The first-order valence-corrected chi connectivity index (χ1v) is 8.10. The number of halogens is 1. The van der Waals surface area contributed by atoms with Gasteiger partial charge in [0, 0.05) is 13.1 Å². The second-order valence-corrected chi connectivity index (χ2v) is 5.66. The molecule has 0 radical (unpaired) electrons. The van der Waals surface area contributed by atoms with Crippen molar-refractivity contribution >= 4 is 17.3 Å². The Hall–Kier alpha value is -1.07. The molecule has 1 aromatic heterocycles. The van der Waals surface area contributed by atoms with Crippen LogP contribution in [0.5, 0.6) is 0 Å². The molecule has 0 aliphatic heterocycles. The summed E-state index contributed by atoms with van der Waals surface area (Å²) in [7, 11) is 0. The van der Waals surface area contributed by atoms with Crippen LogP contribution < -0.4 is 10.9 Å². The first kappa shape index (κ1) is 18.0. The van der Waals surface area contributed by atoms with Crippen LogP contribution in [-0.2, 0) is 6.54 Å². The molecule has 1 aromatic rings. The number of rotatable bonds is 9. The molecule has 1 rings (SSSR count). The fourth-order valence-corrected chi connectivity index (χ4v) is 2.48. The van der Waals surface area contributed by atoms with Gasteiger partial charge in [0.05, 0.1) is 18.0 Å². The molecular weight excluding hydrogens is 290 g/mol. The average molecular weight is 316 g/mol. The van der Waals surface area contributed by atoms with Gasteiger partial charge in [-0.1, -0.05) is 51.6 Å². The van der Waals surface area contributed by atoms with Gasteiger partial charge in [0.15, 0.2) is 0 Å². The first-order valence-electron chi connectivity index (χ1n) is 7.72. The predicted molar refractivity (Wildman–Crippen MR) is 87.0 cm³/mol. The number of hydrogen-bond acceptors (Lipinski definition) is 4. The van der Waals surface area contributed by atoms with E-state index >= 15 is 0 Å². The Morgan fingerprint density at radius 1 is 1.38 bits per heavy atom. The Morgan fingerprint density at radius 2 is 2.05 bits per heavy atom. The molecule has 0 bridgehead atoms. The summed E-state index contributed by atoms with van der Waals surface area (Å²) in [5.74, 6) is 0.245. The third-order valence-electron chi connectivity index (χ3n) is 3.80. The minimum atomic E-state index is -0.460. The number of nitrogens with one attached hydrogen (secondary N) is 1. The number of unbranched alkanes of at least 4 members (excludes halogenated alkanes) is 1. The van der Waals surface area contributed by atoms with Crippen LogP contribution >= 0.6 is 11.6 Å². The van der Waals surface area contributed by atoms with Gasteiger partial charge in [0.1, 0.15) is 5.02 Å². The lowest BCUT2D eigenvalue weighted by Gasteiger charge is -2.21. The lowest BCUT2D eigenvalue weighted by molar-refractivity contribution is 0.114. The summed E-state index contributed by atoms with van der Waals surface area (Å²) in [6.07, 6.45) is 4.82. The van der Waals surface area contributed by atoms with Crippen molar-refractivity contribution in [2.24, 2.45) is 5.92 Å². The van der Waals surface area contributed by atoms with Crippen LogP contribution in [0, 0.1) is 5.92 Å². The lowest BCUT2D eigenvalue weighted by atomic mass is 9.96. The van der Waals surface area contributed by atoms with E-state index in [0.29, 0.717) is 18.8 Å². The predicted octanol–water partition coefficient (Wildman–Crippen LogP) is 2.91. The van der Waals surface area contributed by atoms with E-state index in [-0.39, 0.29) is 16.5 Å². The van der Waals surface area contributed by atoms with Gasteiger partial charge in [0.2, 0.25) is 0 Å². The highest BCUT2D eigenvalue weighted by Gasteiger charge is 2.16. The van der Waals surface area contributed by atoms with Gasteiger partial charge < -0.3 is 10.4 Å². The zero-order valence-corrected chi connectivity index (χ0v) is 13.9. The van der Waals surface area contributed by atoms with Gasteiger partial charge in [-0.25, -0.2) is 4.68 Å². The maximum Gasteiger partial charge on any atom is 0.287 e. The summed E-state index contributed by atoms with van der Waals surface area (Å²) in [6, 6.07) is 0. The summed E-state index contributed by atoms with van der Waals surface area (Å²) in [5.41, 5.74) is 0.201. The Morgan fingerprint density at radius 3 is 2.62 bits per heavy atom. The summed E-state index contributed by atoms with van der Waals surface area (Å²) in [4.78, 5) is 12.1. The lowest BCUT2D eigenvalue weighted by Crippen LogP contribution is -2.29. The van der Waals surface area contributed by atoms with Crippen molar-refractivity contribution in [3.8, 4) is 0 Å². The van der Waals surface area contributed by atoms with Crippen LogP contribution in [0.2, 0.25) is 5.02 Å². The van der Waals surface area contributed by atoms with Gasteiger partial charge in [-0.15, -0.1) is 0 Å². The minimum absolute atomic E-state index is 0.137. The van der Waals surface area contributed by atoms with E-state index in [1.807, 2.05) is 0 Å². The highest BCUT2D eigenvalue weighted by Crippen LogP contribution is 2.18. The SMILES string of the molecule is CCCCn1ncc(NCC(O)C(CC)CC)c(Cl)c1=O. The molecule has 0 saturated carbocycles. The minimum Gasteiger partial charge on any atom is -0.391 e. The number of aliphatic hydroxyl groups is 1. The Bertz CT molecular complexity index is 486. The van der Waals surface area contributed by atoms with Crippen LogP contribution in [0.25, 0.3) is 0 Å². The highest BCUT2D eigenvalue weighted by molar-refractivity contribution is 6.32. The molecule has 6 heteroatoms. The molecule has 2 N–H and O–H groups in total. The largest absolute Gasteiger partial charge is 0.391 e. The van der Waals surface area contributed by atoms with Gasteiger partial charge >= 0.3 is 0 Å². The Balaban J connectivity index is 2.72. The van der Waals surface area contributed by atoms with Gasteiger partial charge in [-0.3, -0.25) is 4.79 Å². The van der Waals surface area contributed by atoms with Crippen molar-refractivity contribution in [1.82, 2.24) is 9.78 Å². The number of aliphatic hydroxyl groups excluding tert-OH is 1. The smallest absolute Gasteiger partial charge is 0.287 e. The molecule has 5 nitrogen and oxygen atoms in total. The number of aryl methyl sites for hydroxylation is 1. The third-order valence-corrected chi connectivity index (χ3v) is 4.17. The van der Waals surface area contributed by atoms with Gasteiger partial charge in [-0.2, -0.15) is 5.10 Å². The zero-order chi connectivity index (χ0) is 15.8. The van der Waals surface area contributed by atoms with Crippen molar-refractivity contribution in [1.29, 1.82) is 0 Å². The Kier molecular flexibility index (Phi) is 7.75. The molecule has 0 amide bonds. The number of hydrogen-bond donors (Lipinski definition) is 2. The molecule has 120 valence electrons. The van der Waals surface area contributed by atoms with E-state index in [1.54, 1.807) is 6.20 Å². The fourth-order valence-electron chi connectivity index (χ4n) is 2.27. The highest BCUT2D eigenvalue weighted by atomic mass is 35.5. The molecule has 0 fully saturated rings. The molecular formula is C15H26ClN3O2. The normalized spacial score (nSPS) is 12.7. The summed E-state index contributed by atoms with van der Waals surface area (Å²) in [5, 5.41) is 17.4. The zero-order valence-electron chi connectivity index (χ0n) is 13.1. The van der Waals surface area contributed by atoms with Crippen LogP contribution in [-0.4, -0.2) is 27.5 Å². The van der Waals surface area contributed by atoms with Crippen molar-refractivity contribution in [2.75, 3.05) is 11.9 Å². The standard InChI is InChI=1S/C15H26ClN3O2/c1-4-7-8-19-15(21)14(16)12(9-18-19)17-10-13(20)11(5-2)6-3/h9,11,13,17,20H,4-8,10H2,1-3H3. The Labute approximate surface area is 131 Å². The van der Waals surface area contributed by atoms with E-state index < -0.39 is 6.10 Å². The van der Waals surface area contributed by atoms with E-state index in [2.05, 4.69) is 31.2 Å². The molecule has 1 heterocycles. The first-order chi connectivity index (χ1) is 10.0. The molecule has 21 heavy (non-hydrogen) atoms. The second-order valence-electron chi connectivity index (χ2n) is 5.28. The van der Waals surface area contributed by atoms with Crippen molar-refractivity contribution < 1.29 is 5.11 Å². The maximum atomic E-state index is 12.1. The van der Waals surface area contributed by atoms with Gasteiger partial charge in [-0.05, 0) is 12.3 Å². The summed E-state index contributed by atoms with van der Waals surface area (Å²) < 4.78 is 1.38. The second kappa shape index (κ2) is 9.05. The molecule has 1 atom stereocenters. The number of aromatic nitrogens is 2. The molecule has 0 aliphatic rings. The van der Waals surface area contributed by atoms with E-state index in [9.17, 15) is 9.90 Å².